The summed E-state index contributed by atoms with van der Waals surface area (Å²) in [7, 11) is 0. The van der Waals surface area contributed by atoms with Gasteiger partial charge in [-0.15, -0.1) is 11.3 Å². The number of amides is 1. The normalized spacial score (nSPS) is 29.8. The highest BCUT2D eigenvalue weighted by Gasteiger charge is 2.50. The zero-order chi connectivity index (χ0) is 12.9. The van der Waals surface area contributed by atoms with Gasteiger partial charge in [-0.25, -0.2) is 0 Å². The molecular weight excluding hydrogens is 250 g/mol. The van der Waals surface area contributed by atoms with E-state index in [9.17, 15) is 9.59 Å². The van der Waals surface area contributed by atoms with Crippen LogP contribution < -0.4 is 0 Å². The molecule has 2 heterocycles. The van der Waals surface area contributed by atoms with Gasteiger partial charge in [0.05, 0.1) is 17.9 Å². The smallest absolute Gasteiger partial charge is 0.307 e. The van der Waals surface area contributed by atoms with E-state index in [1.165, 1.54) is 10.4 Å². The Morgan fingerprint density at radius 1 is 1.44 bits per heavy atom. The number of rotatable bonds is 2. The number of carboxylic acids is 1. The molecule has 1 aliphatic heterocycles. The zero-order valence-electron chi connectivity index (χ0n) is 10.1. The fraction of sp³-hybridized carbons (Fsp3) is 0.538. The number of hydrogen-bond acceptors (Lipinski definition) is 3. The molecule has 4 nitrogen and oxygen atoms in total. The Labute approximate surface area is 109 Å². The lowest BCUT2D eigenvalue weighted by atomic mass is 10.0. The number of fused-ring (bicyclic) bond motifs is 1. The van der Waals surface area contributed by atoms with Gasteiger partial charge in [0.15, 0.2) is 0 Å². The third-order valence-electron chi connectivity index (χ3n) is 3.99. The van der Waals surface area contributed by atoms with E-state index in [-0.39, 0.29) is 17.9 Å². The van der Waals surface area contributed by atoms with E-state index in [4.69, 9.17) is 5.11 Å². The van der Waals surface area contributed by atoms with E-state index in [1.807, 2.05) is 11.8 Å². The van der Waals surface area contributed by atoms with Gasteiger partial charge in [-0.2, -0.15) is 0 Å². The topological polar surface area (TPSA) is 57.6 Å². The number of thiophene rings is 1. The molecule has 18 heavy (non-hydrogen) atoms. The van der Waals surface area contributed by atoms with Crippen molar-refractivity contribution in [3.63, 3.8) is 0 Å². The number of aliphatic carboxylic acids is 1. The lowest BCUT2D eigenvalue weighted by Gasteiger charge is -2.33. The summed E-state index contributed by atoms with van der Waals surface area (Å²) in [5.74, 6) is -1.56. The van der Waals surface area contributed by atoms with Crippen molar-refractivity contribution in [2.24, 2.45) is 11.8 Å². The second kappa shape index (κ2) is 4.09. The predicted octanol–water partition coefficient (Wildman–Crippen LogP) is 1.91. The van der Waals surface area contributed by atoms with Crippen molar-refractivity contribution in [1.29, 1.82) is 0 Å². The third kappa shape index (κ3) is 1.73. The van der Waals surface area contributed by atoms with E-state index in [0.29, 0.717) is 6.42 Å². The van der Waals surface area contributed by atoms with Crippen LogP contribution in [-0.2, 0) is 16.0 Å². The summed E-state index contributed by atoms with van der Waals surface area (Å²) in [6.07, 6.45) is 1.40. The van der Waals surface area contributed by atoms with E-state index < -0.39 is 11.9 Å². The molecule has 1 aromatic heterocycles. The van der Waals surface area contributed by atoms with Crippen LogP contribution in [-0.4, -0.2) is 28.4 Å². The molecule has 96 valence electrons. The number of nitrogens with zero attached hydrogens (tertiary/aromatic N) is 1. The summed E-state index contributed by atoms with van der Waals surface area (Å²) in [5, 5.41) is 11.0. The quantitative estimate of drug-likeness (QED) is 0.888. The van der Waals surface area contributed by atoms with Gasteiger partial charge in [-0.1, -0.05) is 0 Å². The molecule has 0 radical (unpaired) electrons. The van der Waals surface area contributed by atoms with Crippen LogP contribution in [0.2, 0.25) is 0 Å². The highest BCUT2D eigenvalue weighted by molar-refractivity contribution is 7.10. The predicted molar refractivity (Wildman–Crippen MR) is 67.4 cm³/mol. The molecule has 1 aromatic rings. The molecule has 0 aromatic carbocycles. The molecule has 2 aliphatic rings. The number of hydrogen-bond donors (Lipinski definition) is 1. The average Bonchev–Trinajstić information content (AvgIpc) is 3.00. The second-order valence-corrected chi connectivity index (χ2v) is 6.04. The van der Waals surface area contributed by atoms with Gasteiger partial charge in [0.1, 0.15) is 0 Å². The summed E-state index contributed by atoms with van der Waals surface area (Å²) >= 11 is 1.74. The second-order valence-electron chi connectivity index (χ2n) is 5.04. The lowest BCUT2D eigenvalue weighted by Crippen LogP contribution is -2.39. The lowest BCUT2D eigenvalue weighted by molar-refractivity contribution is -0.142. The summed E-state index contributed by atoms with van der Waals surface area (Å²) in [5.41, 5.74) is 1.23. The average molecular weight is 265 g/mol. The maximum atomic E-state index is 12.3. The molecule has 0 spiro atoms. The van der Waals surface area contributed by atoms with E-state index in [0.717, 1.165) is 13.0 Å². The fourth-order valence-electron chi connectivity index (χ4n) is 2.76. The maximum absolute atomic E-state index is 12.3. The summed E-state index contributed by atoms with van der Waals surface area (Å²) in [6, 6.07) is 2.16. The van der Waals surface area contributed by atoms with Crippen molar-refractivity contribution in [3.05, 3.63) is 21.9 Å². The molecule has 1 aliphatic carbocycles. The van der Waals surface area contributed by atoms with Gasteiger partial charge in [-0.05, 0) is 36.8 Å². The largest absolute Gasteiger partial charge is 0.481 e. The van der Waals surface area contributed by atoms with Crippen molar-refractivity contribution in [2.45, 2.75) is 25.8 Å². The Bertz CT molecular complexity index is 510. The van der Waals surface area contributed by atoms with Crippen LogP contribution in [0.25, 0.3) is 0 Å². The Morgan fingerprint density at radius 3 is 2.89 bits per heavy atom. The Kier molecular flexibility index (Phi) is 2.66. The molecule has 1 saturated carbocycles. The summed E-state index contributed by atoms with van der Waals surface area (Å²) in [4.78, 5) is 26.3. The molecule has 0 saturated heterocycles. The monoisotopic (exact) mass is 265 g/mol. The first-order chi connectivity index (χ1) is 8.59. The molecule has 3 rings (SSSR count). The highest BCUT2D eigenvalue weighted by Crippen LogP contribution is 2.43. The van der Waals surface area contributed by atoms with Crippen LogP contribution >= 0.6 is 11.3 Å². The van der Waals surface area contributed by atoms with Crippen molar-refractivity contribution in [3.8, 4) is 0 Å². The van der Waals surface area contributed by atoms with Gasteiger partial charge in [0.2, 0.25) is 5.91 Å². The molecule has 0 bridgehead atoms. The van der Waals surface area contributed by atoms with E-state index >= 15 is 0 Å². The van der Waals surface area contributed by atoms with Gasteiger partial charge >= 0.3 is 5.97 Å². The van der Waals surface area contributed by atoms with Crippen LogP contribution in [0, 0.1) is 11.8 Å². The first kappa shape index (κ1) is 11.7. The minimum Gasteiger partial charge on any atom is -0.481 e. The standard InChI is InChI=1S/C13H15NO3S/c1-7-8-3-5-18-11(8)2-4-14(7)12(15)9-6-10(9)13(16)17/h3,5,7,9-10H,2,4,6H2,1H3,(H,16,17)/t7?,9-,10+/m1/s1. The highest BCUT2D eigenvalue weighted by atomic mass is 32.1. The Hall–Kier alpha value is -1.36. The van der Waals surface area contributed by atoms with Crippen molar-refractivity contribution in [1.82, 2.24) is 4.90 Å². The number of carbonyl (C=O) groups excluding carboxylic acids is 1. The van der Waals surface area contributed by atoms with Crippen molar-refractivity contribution >= 4 is 23.2 Å². The minimum atomic E-state index is -0.839. The Morgan fingerprint density at radius 2 is 2.22 bits per heavy atom. The van der Waals surface area contributed by atoms with Gasteiger partial charge in [-0.3, -0.25) is 9.59 Å². The van der Waals surface area contributed by atoms with Crippen LogP contribution in [0.1, 0.15) is 29.8 Å². The molecule has 1 unspecified atom stereocenters. The third-order valence-corrected chi connectivity index (χ3v) is 4.98. The zero-order valence-corrected chi connectivity index (χ0v) is 10.9. The van der Waals surface area contributed by atoms with E-state index in [2.05, 4.69) is 11.4 Å². The first-order valence-corrected chi connectivity index (χ1v) is 7.07. The summed E-state index contributed by atoms with van der Waals surface area (Å²) in [6.45, 7) is 2.75. The fourth-order valence-corrected chi connectivity index (χ4v) is 3.73. The van der Waals surface area contributed by atoms with Gasteiger partial charge < -0.3 is 10.0 Å². The number of carbonyl (C=O) groups is 2. The first-order valence-electron chi connectivity index (χ1n) is 6.19. The molecule has 1 N–H and O–H groups in total. The molecule has 3 atom stereocenters. The SMILES string of the molecule is CC1c2ccsc2CCN1C(=O)[C@@H]1C[C@@H]1C(=O)O. The molecule has 5 heteroatoms. The maximum Gasteiger partial charge on any atom is 0.307 e. The van der Waals surface area contributed by atoms with Crippen LogP contribution in [0.3, 0.4) is 0 Å². The molecule has 1 amide bonds. The Balaban J connectivity index is 1.75. The van der Waals surface area contributed by atoms with Crippen LogP contribution in [0.4, 0.5) is 0 Å². The van der Waals surface area contributed by atoms with Gasteiger partial charge in [0, 0.05) is 11.4 Å². The van der Waals surface area contributed by atoms with Crippen molar-refractivity contribution < 1.29 is 14.7 Å². The number of carboxylic acid groups (broad SMARTS) is 1. The van der Waals surface area contributed by atoms with Crippen LogP contribution in [0.5, 0.6) is 0 Å². The van der Waals surface area contributed by atoms with Crippen molar-refractivity contribution in [2.75, 3.05) is 6.54 Å². The summed E-state index contributed by atoms with van der Waals surface area (Å²) < 4.78 is 0. The van der Waals surface area contributed by atoms with Crippen LogP contribution in [0.15, 0.2) is 11.4 Å². The minimum absolute atomic E-state index is 0.0201. The van der Waals surface area contributed by atoms with E-state index in [1.54, 1.807) is 11.3 Å². The van der Waals surface area contributed by atoms with Gasteiger partial charge in [0.25, 0.3) is 0 Å². The molecular formula is C13H15NO3S. The molecule has 1 fully saturated rings.